The highest BCUT2D eigenvalue weighted by Crippen LogP contribution is 2.22. The first-order chi connectivity index (χ1) is 17.5. The van der Waals surface area contributed by atoms with E-state index in [-0.39, 0.29) is 44.3 Å². The van der Waals surface area contributed by atoms with Crippen LogP contribution in [0.15, 0.2) is 78.9 Å². The maximum absolute atomic E-state index is 13.0. The predicted molar refractivity (Wildman–Crippen MR) is 144 cm³/mol. The van der Waals surface area contributed by atoms with Gasteiger partial charge in [0.2, 0.25) is 5.91 Å². The van der Waals surface area contributed by atoms with Crippen molar-refractivity contribution >= 4 is 30.2 Å². The topological polar surface area (TPSA) is 120 Å². The van der Waals surface area contributed by atoms with Gasteiger partial charge in [-0.05, 0) is 54.4 Å². The molecular weight excluding hydrogens is 494 g/mol. The monoisotopic (exact) mass is 525 g/mol. The van der Waals surface area contributed by atoms with Crippen molar-refractivity contribution < 1.29 is 23.9 Å². The van der Waals surface area contributed by atoms with Gasteiger partial charge in [-0.3, -0.25) is 14.4 Å². The summed E-state index contributed by atoms with van der Waals surface area (Å²) in [6, 6.07) is 22.7. The third kappa shape index (κ3) is 9.59. The largest absolute Gasteiger partial charge is 0.466 e. The number of nitrogens with two attached hydrogens (primary N) is 1. The number of nitrogens with one attached hydrogen (secondary N) is 2. The van der Waals surface area contributed by atoms with Crippen LogP contribution in [0.25, 0.3) is 0 Å². The third-order valence-corrected chi connectivity index (χ3v) is 5.32. The summed E-state index contributed by atoms with van der Waals surface area (Å²) in [6.07, 6.45) is 0.269. The highest BCUT2D eigenvalue weighted by molar-refractivity contribution is 5.97. The highest BCUT2D eigenvalue weighted by atomic mass is 35.5. The van der Waals surface area contributed by atoms with Gasteiger partial charge in [0.15, 0.2) is 0 Å². The van der Waals surface area contributed by atoms with Crippen molar-refractivity contribution in [2.75, 3.05) is 13.2 Å². The Kier molecular flexibility index (Phi) is 12.1. The van der Waals surface area contributed by atoms with Crippen LogP contribution in [-0.4, -0.2) is 37.0 Å². The first-order valence-electron chi connectivity index (χ1n) is 11.8. The lowest BCUT2D eigenvalue weighted by molar-refractivity contribution is -0.143. The van der Waals surface area contributed by atoms with Crippen LogP contribution in [-0.2, 0) is 27.3 Å². The molecule has 0 aliphatic rings. The minimum absolute atomic E-state index is 0. The van der Waals surface area contributed by atoms with Gasteiger partial charge in [0.05, 0.1) is 13.0 Å². The molecule has 9 heteroatoms. The summed E-state index contributed by atoms with van der Waals surface area (Å²) in [5.74, 6) is 0.117. The van der Waals surface area contributed by atoms with Crippen LogP contribution in [0, 0.1) is 0 Å². The molecule has 1 atom stereocenters. The Bertz CT molecular complexity index is 1160. The summed E-state index contributed by atoms with van der Waals surface area (Å²) in [7, 11) is 0. The van der Waals surface area contributed by atoms with E-state index in [0.29, 0.717) is 23.6 Å². The second kappa shape index (κ2) is 15.3. The fraction of sp³-hybridized carbons (Fsp3) is 0.250. The fourth-order valence-corrected chi connectivity index (χ4v) is 3.48. The first kappa shape index (κ1) is 29.4. The van der Waals surface area contributed by atoms with Crippen molar-refractivity contribution in [2.24, 2.45) is 5.73 Å². The van der Waals surface area contributed by atoms with Crippen LogP contribution in [0.1, 0.15) is 34.8 Å². The van der Waals surface area contributed by atoms with Crippen LogP contribution in [0.2, 0.25) is 0 Å². The lowest BCUT2D eigenvalue weighted by Crippen LogP contribution is -2.48. The number of carbonyl (C=O) groups excluding carboxylic acids is 3. The number of hydrogen-bond donors (Lipinski definition) is 3. The maximum atomic E-state index is 13.0. The van der Waals surface area contributed by atoms with Gasteiger partial charge in [-0.25, -0.2) is 0 Å². The minimum atomic E-state index is -0.874. The molecule has 2 amide bonds. The van der Waals surface area contributed by atoms with E-state index in [0.717, 1.165) is 11.1 Å². The number of para-hydroxylation sites is 1. The molecule has 1 unspecified atom stereocenters. The van der Waals surface area contributed by atoms with Crippen LogP contribution >= 0.6 is 12.4 Å². The maximum Gasteiger partial charge on any atom is 0.307 e. The average Bonchev–Trinajstić information content (AvgIpc) is 2.89. The van der Waals surface area contributed by atoms with E-state index in [1.165, 1.54) is 0 Å². The van der Waals surface area contributed by atoms with E-state index in [1.807, 2.05) is 54.6 Å². The van der Waals surface area contributed by atoms with Gasteiger partial charge in [-0.1, -0.05) is 42.5 Å². The molecule has 0 aromatic heterocycles. The Morgan fingerprint density at radius 2 is 1.59 bits per heavy atom. The molecule has 3 rings (SSSR count). The van der Waals surface area contributed by atoms with Crippen molar-refractivity contribution in [3.8, 4) is 11.5 Å². The normalized spacial score (nSPS) is 11.0. The Hall–Kier alpha value is -3.88. The standard InChI is InChI=1S/C28H31N3O5.ClH/c1-2-35-26(32)15-16-30-28(34)25(31-27(33)22-13-11-20(19-29)12-14-22)18-21-7-6-10-24(17-21)36-23-8-4-3-5-9-23;/h3-14,17,25H,2,15-16,18-19,29H2,1H3,(H,30,34)(H,31,33);1H. The molecule has 0 heterocycles. The average molecular weight is 526 g/mol. The zero-order valence-corrected chi connectivity index (χ0v) is 21.5. The van der Waals surface area contributed by atoms with Crippen LogP contribution < -0.4 is 21.1 Å². The Morgan fingerprint density at radius 1 is 0.892 bits per heavy atom. The van der Waals surface area contributed by atoms with E-state index < -0.39 is 17.9 Å². The molecule has 0 aliphatic carbocycles. The van der Waals surface area contributed by atoms with Crippen LogP contribution in [0.4, 0.5) is 0 Å². The molecule has 3 aromatic carbocycles. The molecule has 3 aromatic rings. The van der Waals surface area contributed by atoms with Gasteiger partial charge in [-0.15, -0.1) is 12.4 Å². The van der Waals surface area contributed by atoms with Gasteiger partial charge in [-0.2, -0.15) is 0 Å². The van der Waals surface area contributed by atoms with Crippen molar-refractivity contribution in [3.05, 3.63) is 95.6 Å². The van der Waals surface area contributed by atoms with Crippen LogP contribution in [0.5, 0.6) is 11.5 Å². The molecule has 196 valence electrons. The molecule has 0 fully saturated rings. The molecule has 0 saturated carbocycles. The number of benzene rings is 3. The number of rotatable bonds is 12. The molecule has 8 nitrogen and oxygen atoms in total. The number of esters is 1. The lowest BCUT2D eigenvalue weighted by Gasteiger charge is -2.19. The van der Waals surface area contributed by atoms with Gasteiger partial charge >= 0.3 is 5.97 Å². The van der Waals surface area contributed by atoms with Crippen molar-refractivity contribution in [2.45, 2.75) is 32.4 Å². The summed E-state index contributed by atoms with van der Waals surface area (Å²) in [6.45, 7) is 2.47. The Morgan fingerprint density at radius 3 is 2.27 bits per heavy atom. The third-order valence-electron chi connectivity index (χ3n) is 5.32. The molecule has 0 bridgehead atoms. The molecule has 4 N–H and O–H groups in total. The predicted octanol–water partition coefficient (Wildman–Crippen LogP) is 3.77. The van der Waals surface area contributed by atoms with E-state index in [1.54, 1.807) is 31.2 Å². The van der Waals surface area contributed by atoms with Crippen molar-refractivity contribution in [1.29, 1.82) is 0 Å². The summed E-state index contributed by atoms with van der Waals surface area (Å²) >= 11 is 0. The quantitative estimate of drug-likeness (QED) is 0.310. The molecule has 0 aliphatic heterocycles. The van der Waals surface area contributed by atoms with Gasteiger partial charge in [0.25, 0.3) is 5.91 Å². The van der Waals surface area contributed by atoms with Gasteiger partial charge in [0, 0.05) is 25.1 Å². The van der Waals surface area contributed by atoms with Crippen molar-refractivity contribution in [1.82, 2.24) is 10.6 Å². The molecule has 0 saturated heterocycles. The molecule has 37 heavy (non-hydrogen) atoms. The number of amides is 2. The van der Waals surface area contributed by atoms with Gasteiger partial charge < -0.3 is 25.8 Å². The van der Waals surface area contributed by atoms with Crippen LogP contribution in [0.3, 0.4) is 0 Å². The number of halogens is 1. The van der Waals surface area contributed by atoms with E-state index in [9.17, 15) is 14.4 Å². The SMILES string of the molecule is CCOC(=O)CCNC(=O)C(Cc1cccc(Oc2ccccc2)c1)NC(=O)c1ccc(CN)cc1.Cl. The molecule has 0 spiro atoms. The highest BCUT2D eigenvalue weighted by Gasteiger charge is 2.22. The summed E-state index contributed by atoms with van der Waals surface area (Å²) in [5.41, 5.74) is 7.74. The summed E-state index contributed by atoms with van der Waals surface area (Å²) in [5, 5.41) is 5.53. The Balaban J connectivity index is 0.00000481. The number of hydrogen-bond acceptors (Lipinski definition) is 6. The summed E-state index contributed by atoms with van der Waals surface area (Å²) < 4.78 is 10.8. The smallest absolute Gasteiger partial charge is 0.307 e. The minimum Gasteiger partial charge on any atom is -0.466 e. The number of ether oxygens (including phenoxy) is 2. The van der Waals surface area contributed by atoms with Gasteiger partial charge in [0.1, 0.15) is 17.5 Å². The first-order valence-corrected chi connectivity index (χ1v) is 11.8. The molecular formula is C28H32ClN3O5. The fourth-order valence-electron chi connectivity index (χ4n) is 3.48. The summed E-state index contributed by atoms with van der Waals surface area (Å²) in [4.78, 5) is 37.5. The lowest BCUT2D eigenvalue weighted by atomic mass is 10.0. The zero-order chi connectivity index (χ0) is 25.8. The zero-order valence-electron chi connectivity index (χ0n) is 20.6. The second-order valence-electron chi connectivity index (χ2n) is 8.04. The Labute approximate surface area is 222 Å². The van der Waals surface area contributed by atoms with E-state index in [4.69, 9.17) is 15.2 Å². The van der Waals surface area contributed by atoms with Crippen molar-refractivity contribution in [3.63, 3.8) is 0 Å². The van der Waals surface area contributed by atoms with E-state index in [2.05, 4.69) is 10.6 Å². The van der Waals surface area contributed by atoms with E-state index >= 15 is 0 Å². The second-order valence-corrected chi connectivity index (χ2v) is 8.04. The molecule has 0 radical (unpaired) electrons. The number of carbonyl (C=O) groups is 3.